The van der Waals surface area contributed by atoms with Crippen LogP contribution < -0.4 is 5.73 Å². The van der Waals surface area contributed by atoms with Gasteiger partial charge >= 0.3 is 0 Å². The van der Waals surface area contributed by atoms with Crippen molar-refractivity contribution >= 4 is 5.91 Å². The number of aliphatic hydroxyl groups excluding tert-OH is 1. The fourth-order valence-electron chi connectivity index (χ4n) is 0.570. The molecule has 3 heteroatoms. The molecule has 0 saturated carbocycles. The highest BCUT2D eigenvalue weighted by molar-refractivity contribution is 5.95. The van der Waals surface area contributed by atoms with Crippen LogP contribution in [0.4, 0.5) is 0 Å². The Bertz CT molecular complexity index is 226. The van der Waals surface area contributed by atoms with E-state index in [1.165, 1.54) is 12.2 Å². The summed E-state index contributed by atoms with van der Waals surface area (Å²) in [5.41, 5.74) is 5.02. The molecule has 60 valence electrons. The number of amides is 1. The maximum absolute atomic E-state index is 10.6. The van der Waals surface area contributed by atoms with Crippen LogP contribution in [0, 0.1) is 0 Å². The van der Waals surface area contributed by atoms with Crippen molar-refractivity contribution in [2.45, 2.75) is 6.92 Å². The summed E-state index contributed by atoms with van der Waals surface area (Å²) in [6, 6.07) is 0. The molecule has 0 aliphatic carbocycles. The van der Waals surface area contributed by atoms with Crippen LogP contribution in [0.2, 0.25) is 0 Å². The van der Waals surface area contributed by atoms with Crippen LogP contribution in [0.1, 0.15) is 6.92 Å². The Labute approximate surface area is 65.5 Å². The highest BCUT2D eigenvalue weighted by Gasteiger charge is 2.04. The Morgan fingerprint density at radius 3 is 2.45 bits per heavy atom. The fraction of sp³-hybridized carbons (Fsp3) is 0.125. The summed E-state index contributed by atoms with van der Waals surface area (Å²) in [6.07, 6.45) is 4.21. The molecule has 3 N–H and O–H groups in total. The Balaban J connectivity index is 4.87. The first-order valence-corrected chi connectivity index (χ1v) is 3.11. The number of allylic oxidation sites excluding steroid dienone is 2. The van der Waals surface area contributed by atoms with Gasteiger partial charge in [0.25, 0.3) is 5.91 Å². The molecule has 0 unspecified atom stereocenters. The van der Waals surface area contributed by atoms with Crippen molar-refractivity contribution in [2.75, 3.05) is 0 Å². The summed E-state index contributed by atoms with van der Waals surface area (Å²) < 4.78 is 0. The van der Waals surface area contributed by atoms with Crippen molar-refractivity contribution in [3.8, 4) is 0 Å². The van der Waals surface area contributed by atoms with Crippen LogP contribution in [0.25, 0.3) is 0 Å². The quantitative estimate of drug-likeness (QED) is 0.361. The lowest BCUT2D eigenvalue weighted by molar-refractivity contribution is -0.114. The van der Waals surface area contributed by atoms with E-state index in [0.717, 1.165) is 0 Å². The monoisotopic (exact) mass is 153 g/mol. The van der Waals surface area contributed by atoms with Crippen molar-refractivity contribution in [3.63, 3.8) is 0 Å². The second kappa shape index (κ2) is 4.33. The van der Waals surface area contributed by atoms with Gasteiger partial charge in [-0.2, -0.15) is 0 Å². The second-order valence-electron chi connectivity index (χ2n) is 1.87. The fourth-order valence-corrected chi connectivity index (χ4v) is 0.570. The Morgan fingerprint density at radius 1 is 1.64 bits per heavy atom. The molecule has 0 heterocycles. The molecule has 0 saturated heterocycles. The molecule has 0 aromatic heterocycles. The molecule has 0 rings (SSSR count). The minimum absolute atomic E-state index is 0.0718. The van der Waals surface area contributed by atoms with Gasteiger partial charge < -0.3 is 10.8 Å². The van der Waals surface area contributed by atoms with E-state index >= 15 is 0 Å². The minimum Gasteiger partial charge on any atom is -0.507 e. The molecule has 0 spiro atoms. The zero-order chi connectivity index (χ0) is 8.85. The van der Waals surface area contributed by atoms with Gasteiger partial charge in [0, 0.05) is 0 Å². The molecule has 3 nitrogen and oxygen atoms in total. The molecule has 0 radical (unpaired) electrons. The van der Waals surface area contributed by atoms with E-state index < -0.39 is 5.91 Å². The van der Waals surface area contributed by atoms with Crippen LogP contribution in [0.5, 0.6) is 0 Å². The molecule has 0 atom stereocenters. The molecule has 0 bridgehead atoms. The normalized spacial score (nSPS) is 12.8. The predicted molar refractivity (Wildman–Crippen MR) is 43.9 cm³/mol. The molecule has 11 heavy (non-hydrogen) atoms. The molecular weight excluding hydrogens is 142 g/mol. The van der Waals surface area contributed by atoms with E-state index in [1.54, 1.807) is 13.0 Å². The molecule has 0 aromatic carbocycles. The Morgan fingerprint density at radius 2 is 2.18 bits per heavy atom. The van der Waals surface area contributed by atoms with E-state index in [0.29, 0.717) is 0 Å². The first kappa shape index (κ1) is 9.49. The first-order valence-electron chi connectivity index (χ1n) is 3.11. The number of primary amides is 1. The van der Waals surface area contributed by atoms with E-state index in [1.807, 2.05) is 0 Å². The number of hydrogen-bond acceptors (Lipinski definition) is 2. The lowest BCUT2D eigenvalue weighted by atomic mass is 10.2. The van der Waals surface area contributed by atoms with Crippen molar-refractivity contribution in [1.29, 1.82) is 0 Å². The summed E-state index contributed by atoms with van der Waals surface area (Å²) in [7, 11) is 0. The summed E-state index contributed by atoms with van der Waals surface area (Å²) in [4.78, 5) is 10.6. The molecule has 1 amide bonds. The number of rotatable bonds is 3. The average molecular weight is 153 g/mol. The van der Waals surface area contributed by atoms with Gasteiger partial charge in [0.05, 0.1) is 5.57 Å². The number of hydrogen-bond donors (Lipinski definition) is 2. The SMILES string of the molecule is C=C/C(O)=C(\C=C/C)C(N)=O. The standard InChI is InChI=1S/C8H11NO2/c1-3-5-6(8(9)11)7(10)4-2/h3-5,10H,2H2,1H3,(H2,9,11)/b5-3-,7-6-. The number of nitrogens with two attached hydrogens (primary N) is 1. The van der Waals surface area contributed by atoms with E-state index in [-0.39, 0.29) is 11.3 Å². The van der Waals surface area contributed by atoms with Crippen molar-refractivity contribution < 1.29 is 9.90 Å². The minimum atomic E-state index is -0.666. The van der Waals surface area contributed by atoms with Crippen molar-refractivity contribution in [2.24, 2.45) is 5.73 Å². The highest BCUT2D eigenvalue weighted by atomic mass is 16.3. The molecule has 0 fully saturated rings. The van der Waals surface area contributed by atoms with Gasteiger partial charge in [0.2, 0.25) is 0 Å². The largest absolute Gasteiger partial charge is 0.507 e. The van der Waals surface area contributed by atoms with Gasteiger partial charge in [-0.1, -0.05) is 12.7 Å². The second-order valence-corrected chi connectivity index (χ2v) is 1.87. The summed E-state index contributed by atoms with van der Waals surface area (Å²) in [5, 5.41) is 9.03. The van der Waals surface area contributed by atoms with Gasteiger partial charge in [-0.15, -0.1) is 0 Å². The van der Waals surface area contributed by atoms with Gasteiger partial charge in [0.1, 0.15) is 5.76 Å². The topological polar surface area (TPSA) is 63.3 Å². The summed E-state index contributed by atoms with van der Waals surface area (Å²) in [6.45, 7) is 5.02. The average Bonchev–Trinajstić information content (AvgIpc) is 1.98. The smallest absolute Gasteiger partial charge is 0.252 e. The lowest BCUT2D eigenvalue weighted by Gasteiger charge is -1.96. The van der Waals surface area contributed by atoms with Gasteiger partial charge in [0.15, 0.2) is 0 Å². The van der Waals surface area contributed by atoms with E-state index in [2.05, 4.69) is 6.58 Å². The number of carbonyl (C=O) groups excluding carboxylic acids is 1. The van der Waals surface area contributed by atoms with Crippen molar-refractivity contribution in [3.05, 3.63) is 36.1 Å². The lowest BCUT2D eigenvalue weighted by Crippen LogP contribution is -2.14. The van der Waals surface area contributed by atoms with E-state index in [4.69, 9.17) is 10.8 Å². The van der Waals surface area contributed by atoms with Crippen LogP contribution in [-0.2, 0) is 4.79 Å². The van der Waals surface area contributed by atoms with Crippen LogP contribution in [0.3, 0.4) is 0 Å². The zero-order valence-corrected chi connectivity index (χ0v) is 6.37. The summed E-state index contributed by atoms with van der Waals surface area (Å²) in [5.74, 6) is -0.865. The number of aliphatic hydroxyl groups is 1. The molecule has 0 aliphatic heterocycles. The van der Waals surface area contributed by atoms with Crippen molar-refractivity contribution in [1.82, 2.24) is 0 Å². The van der Waals surface area contributed by atoms with Gasteiger partial charge in [-0.05, 0) is 19.1 Å². The maximum atomic E-state index is 10.6. The van der Waals surface area contributed by atoms with Crippen LogP contribution >= 0.6 is 0 Å². The van der Waals surface area contributed by atoms with Gasteiger partial charge in [-0.25, -0.2) is 0 Å². The third-order valence-electron chi connectivity index (χ3n) is 1.07. The first-order chi connectivity index (χ1) is 5.13. The summed E-state index contributed by atoms with van der Waals surface area (Å²) >= 11 is 0. The van der Waals surface area contributed by atoms with Crippen LogP contribution in [-0.4, -0.2) is 11.0 Å². The van der Waals surface area contributed by atoms with Gasteiger partial charge in [-0.3, -0.25) is 4.79 Å². The third-order valence-corrected chi connectivity index (χ3v) is 1.07. The Kier molecular flexibility index (Phi) is 3.73. The highest BCUT2D eigenvalue weighted by Crippen LogP contribution is 2.03. The predicted octanol–water partition coefficient (Wildman–Crippen LogP) is 1.05. The zero-order valence-electron chi connectivity index (χ0n) is 6.37. The molecule has 0 aliphatic rings. The maximum Gasteiger partial charge on any atom is 0.252 e. The molecule has 0 aromatic rings. The Hall–Kier alpha value is -1.51. The number of carbonyl (C=O) groups is 1. The molecular formula is C8H11NO2. The van der Waals surface area contributed by atoms with Crippen LogP contribution in [0.15, 0.2) is 36.1 Å². The van der Waals surface area contributed by atoms with E-state index in [9.17, 15) is 4.79 Å². The third kappa shape index (κ3) is 2.71.